The maximum atomic E-state index is 12.1. The van der Waals surface area contributed by atoms with Crippen molar-refractivity contribution in [3.05, 3.63) is 0 Å². The number of nitrogens with zero attached hydrogens (tertiary/aromatic N) is 1. The molecule has 0 bridgehead atoms. The Bertz CT molecular complexity index is 447. The van der Waals surface area contributed by atoms with Crippen LogP contribution in [0.1, 0.15) is 25.7 Å². The summed E-state index contributed by atoms with van der Waals surface area (Å²) in [5, 5.41) is 12.1. The van der Waals surface area contributed by atoms with E-state index in [1.54, 1.807) is 0 Å². The van der Waals surface area contributed by atoms with Gasteiger partial charge in [0.2, 0.25) is 15.9 Å². The van der Waals surface area contributed by atoms with Crippen LogP contribution in [0.25, 0.3) is 0 Å². The summed E-state index contributed by atoms with van der Waals surface area (Å²) in [7, 11) is -3.39. The molecular formula is C13H24N2O5S. The van der Waals surface area contributed by atoms with Gasteiger partial charge in [-0.3, -0.25) is 4.79 Å². The van der Waals surface area contributed by atoms with Crippen LogP contribution in [0, 0.1) is 5.92 Å². The van der Waals surface area contributed by atoms with E-state index in [4.69, 9.17) is 4.74 Å². The zero-order valence-electron chi connectivity index (χ0n) is 12.2. The van der Waals surface area contributed by atoms with E-state index in [0.29, 0.717) is 26.3 Å². The number of morpholine rings is 1. The molecule has 1 aliphatic heterocycles. The molecule has 122 valence electrons. The topological polar surface area (TPSA) is 95.9 Å². The molecule has 1 saturated heterocycles. The van der Waals surface area contributed by atoms with Crippen LogP contribution in [0.4, 0.5) is 0 Å². The Morgan fingerprint density at radius 2 is 2.00 bits per heavy atom. The lowest BCUT2D eigenvalue weighted by Crippen LogP contribution is -2.43. The van der Waals surface area contributed by atoms with E-state index in [9.17, 15) is 18.3 Å². The van der Waals surface area contributed by atoms with Gasteiger partial charge in [0.05, 0.1) is 19.0 Å². The van der Waals surface area contributed by atoms with Crippen molar-refractivity contribution in [3.63, 3.8) is 0 Å². The summed E-state index contributed by atoms with van der Waals surface area (Å²) in [6.07, 6.45) is 2.72. The summed E-state index contributed by atoms with van der Waals surface area (Å²) >= 11 is 0. The second-order valence-electron chi connectivity index (χ2n) is 5.62. The molecule has 0 radical (unpaired) electrons. The Kier molecular flexibility index (Phi) is 5.98. The van der Waals surface area contributed by atoms with E-state index in [1.165, 1.54) is 4.31 Å². The maximum Gasteiger partial charge on any atom is 0.221 e. The smallest absolute Gasteiger partial charge is 0.221 e. The minimum atomic E-state index is -3.39. The van der Waals surface area contributed by atoms with Crippen LogP contribution >= 0.6 is 0 Å². The Balaban J connectivity index is 1.77. The molecule has 1 saturated carbocycles. The fourth-order valence-electron chi connectivity index (χ4n) is 2.90. The predicted octanol–water partition coefficient (Wildman–Crippen LogP) is -0.684. The van der Waals surface area contributed by atoms with Crippen LogP contribution in [-0.4, -0.2) is 68.4 Å². The Morgan fingerprint density at radius 1 is 1.29 bits per heavy atom. The minimum Gasteiger partial charge on any atom is -0.396 e. The fraction of sp³-hybridized carbons (Fsp3) is 0.923. The molecule has 7 nitrogen and oxygen atoms in total. The van der Waals surface area contributed by atoms with E-state index in [-0.39, 0.29) is 36.6 Å². The number of hydrogen-bond donors (Lipinski definition) is 2. The number of carbonyl (C=O) groups is 1. The molecule has 0 spiro atoms. The van der Waals surface area contributed by atoms with Crippen molar-refractivity contribution in [1.29, 1.82) is 0 Å². The molecular weight excluding hydrogens is 296 g/mol. The molecule has 0 aromatic heterocycles. The van der Waals surface area contributed by atoms with Crippen LogP contribution in [0.5, 0.6) is 0 Å². The summed E-state index contributed by atoms with van der Waals surface area (Å²) in [6, 6.07) is -0.0198. The van der Waals surface area contributed by atoms with E-state index in [2.05, 4.69) is 5.32 Å². The van der Waals surface area contributed by atoms with E-state index in [0.717, 1.165) is 19.3 Å². The third-order valence-corrected chi connectivity index (χ3v) is 6.06. The first-order chi connectivity index (χ1) is 10.0. The molecule has 0 aromatic carbocycles. The molecule has 21 heavy (non-hydrogen) atoms. The number of ether oxygens (including phenoxy) is 1. The van der Waals surface area contributed by atoms with Crippen LogP contribution < -0.4 is 5.32 Å². The zero-order valence-corrected chi connectivity index (χ0v) is 13.0. The van der Waals surface area contributed by atoms with E-state index in [1.807, 2.05) is 0 Å². The van der Waals surface area contributed by atoms with Crippen LogP contribution in [0.3, 0.4) is 0 Å². The number of aliphatic hydroxyl groups is 1. The van der Waals surface area contributed by atoms with Crippen molar-refractivity contribution < 1.29 is 23.1 Å². The van der Waals surface area contributed by atoms with Crippen LogP contribution in [-0.2, 0) is 19.6 Å². The number of rotatable bonds is 6. The normalized spacial score (nSPS) is 27.7. The quantitative estimate of drug-likeness (QED) is 0.676. The molecule has 2 aliphatic rings. The van der Waals surface area contributed by atoms with Gasteiger partial charge in [0, 0.05) is 38.1 Å². The van der Waals surface area contributed by atoms with Crippen molar-refractivity contribution in [2.24, 2.45) is 5.92 Å². The summed E-state index contributed by atoms with van der Waals surface area (Å²) in [5.74, 6) is -0.322. The van der Waals surface area contributed by atoms with Gasteiger partial charge in [-0.15, -0.1) is 0 Å². The molecule has 2 unspecified atom stereocenters. The number of amides is 1. The molecule has 2 rings (SSSR count). The SMILES string of the molecule is O=C(CCS(=O)(=O)N1CCOCC1)NC1CCCC1CO. The highest BCUT2D eigenvalue weighted by Crippen LogP contribution is 2.25. The largest absolute Gasteiger partial charge is 0.396 e. The van der Waals surface area contributed by atoms with Gasteiger partial charge >= 0.3 is 0 Å². The Hall–Kier alpha value is -0.700. The first-order valence-corrected chi connectivity index (χ1v) is 9.09. The van der Waals surface area contributed by atoms with Crippen molar-refractivity contribution in [3.8, 4) is 0 Å². The van der Waals surface area contributed by atoms with Crippen molar-refractivity contribution in [2.75, 3.05) is 38.7 Å². The molecule has 2 fully saturated rings. The van der Waals surface area contributed by atoms with Gasteiger partial charge in [0.15, 0.2) is 0 Å². The minimum absolute atomic E-state index is 0.0198. The van der Waals surface area contributed by atoms with Gasteiger partial charge in [0.1, 0.15) is 0 Å². The molecule has 0 aromatic rings. The lowest BCUT2D eigenvalue weighted by Gasteiger charge is -2.26. The number of carbonyl (C=O) groups excluding carboxylic acids is 1. The average Bonchev–Trinajstić information content (AvgIpc) is 2.93. The van der Waals surface area contributed by atoms with Gasteiger partial charge in [-0.1, -0.05) is 6.42 Å². The Morgan fingerprint density at radius 3 is 2.67 bits per heavy atom. The van der Waals surface area contributed by atoms with Crippen molar-refractivity contribution in [2.45, 2.75) is 31.7 Å². The van der Waals surface area contributed by atoms with Gasteiger partial charge in [-0.2, -0.15) is 4.31 Å². The lowest BCUT2D eigenvalue weighted by molar-refractivity contribution is -0.121. The van der Waals surface area contributed by atoms with Crippen LogP contribution in [0.2, 0.25) is 0 Å². The van der Waals surface area contributed by atoms with Gasteiger partial charge in [0.25, 0.3) is 0 Å². The third kappa shape index (κ3) is 4.64. The highest BCUT2D eigenvalue weighted by molar-refractivity contribution is 7.89. The predicted molar refractivity (Wildman–Crippen MR) is 77.2 cm³/mol. The molecule has 2 N–H and O–H groups in total. The molecule has 1 amide bonds. The second-order valence-corrected chi connectivity index (χ2v) is 7.71. The van der Waals surface area contributed by atoms with Crippen molar-refractivity contribution in [1.82, 2.24) is 9.62 Å². The van der Waals surface area contributed by atoms with Crippen molar-refractivity contribution >= 4 is 15.9 Å². The highest BCUT2D eigenvalue weighted by atomic mass is 32.2. The lowest BCUT2D eigenvalue weighted by atomic mass is 10.1. The Labute approximate surface area is 125 Å². The van der Waals surface area contributed by atoms with E-state index >= 15 is 0 Å². The molecule has 8 heteroatoms. The van der Waals surface area contributed by atoms with E-state index < -0.39 is 10.0 Å². The summed E-state index contributed by atoms with van der Waals surface area (Å²) in [6.45, 7) is 1.60. The third-order valence-electron chi connectivity index (χ3n) is 4.19. The summed E-state index contributed by atoms with van der Waals surface area (Å²) < 4.78 is 30.7. The first kappa shape index (κ1) is 16.7. The molecule has 2 atom stereocenters. The molecule has 1 heterocycles. The summed E-state index contributed by atoms with van der Waals surface area (Å²) in [4.78, 5) is 11.9. The standard InChI is InChI=1S/C13H24N2O5S/c16-10-11-2-1-3-12(11)14-13(17)4-9-21(18,19)15-5-7-20-8-6-15/h11-12,16H,1-10H2,(H,14,17). The summed E-state index contributed by atoms with van der Waals surface area (Å²) in [5.41, 5.74) is 0. The van der Waals surface area contributed by atoms with Gasteiger partial charge < -0.3 is 15.2 Å². The number of aliphatic hydroxyl groups excluding tert-OH is 1. The fourth-order valence-corrected chi connectivity index (χ4v) is 4.31. The second kappa shape index (κ2) is 7.53. The first-order valence-electron chi connectivity index (χ1n) is 7.49. The number of hydrogen-bond acceptors (Lipinski definition) is 5. The highest BCUT2D eigenvalue weighted by Gasteiger charge is 2.29. The number of nitrogens with one attached hydrogen (secondary N) is 1. The monoisotopic (exact) mass is 320 g/mol. The average molecular weight is 320 g/mol. The zero-order chi connectivity index (χ0) is 15.3. The van der Waals surface area contributed by atoms with Gasteiger partial charge in [-0.25, -0.2) is 8.42 Å². The molecule has 1 aliphatic carbocycles. The number of sulfonamides is 1. The van der Waals surface area contributed by atoms with Gasteiger partial charge in [-0.05, 0) is 12.8 Å². The maximum absolute atomic E-state index is 12.1. The van der Waals surface area contributed by atoms with Crippen LogP contribution in [0.15, 0.2) is 0 Å².